The monoisotopic (exact) mass is 608 g/mol. The average molecular weight is 609 g/mol. The third-order valence-electron chi connectivity index (χ3n) is 5.64. The summed E-state index contributed by atoms with van der Waals surface area (Å²) in [5.74, 6) is -2.61. The lowest BCUT2D eigenvalue weighted by Crippen LogP contribution is -2.29. The first kappa shape index (κ1) is 29.6. The van der Waals surface area contributed by atoms with Crippen LogP contribution in [0.5, 0.6) is 5.75 Å². The van der Waals surface area contributed by atoms with E-state index < -0.39 is 29.9 Å². The molecular formula is C26H20ClF3N4O6S. The fourth-order valence-electron chi connectivity index (χ4n) is 3.81. The van der Waals surface area contributed by atoms with Gasteiger partial charge in [0.15, 0.2) is 0 Å². The molecule has 2 aliphatic rings. The predicted molar refractivity (Wildman–Crippen MR) is 144 cm³/mol. The number of ether oxygens (including phenoxy) is 1. The van der Waals surface area contributed by atoms with Crippen molar-refractivity contribution in [2.24, 2.45) is 4.99 Å². The van der Waals surface area contributed by atoms with Crippen molar-refractivity contribution in [1.29, 1.82) is 0 Å². The first-order valence-electron chi connectivity index (χ1n) is 11.8. The molecule has 0 unspecified atom stereocenters. The van der Waals surface area contributed by atoms with Gasteiger partial charge in [0.25, 0.3) is 17.7 Å². The molecule has 0 saturated carbocycles. The highest BCUT2D eigenvalue weighted by atomic mass is 35.5. The molecule has 0 fully saturated rings. The number of imide groups is 1. The number of nitrogens with one attached hydrogen (secondary N) is 2. The summed E-state index contributed by atoms with van der Waals surface area (Å²) < 4.78 is 38.0. The van der Waals surface area contributed by atoms with Crippen LogP contribution in [-0.2, 0) is 11.3 Å². The molecule has 0 aliphatic carbocycles. The van der Waals surface area contributed by atoms with E-state index in [-0.39, 0.29) is 23.4 Å². The molecule has 1 aromatic heterocycles. The van der Waals surface area contributed by atoms with Crippen molar-refractivity contribution in [1.82, 2.24) is 10.2 Å². The van der Waals surface area contributed by atoms with Crippen LogP contribution in [0.3, 0.4) is 0 Å². The van der Waals surface area contributed by atoms with Gasteiger partial charge in [0.05, 0.1) is 39.1 Å². The molecule has 5 rings (SSSR count). The number of carboxylic acids is 1. The number of carbonyl (C=O) groups excluding carboxylic acids is 3. The summed E-state index contributed by atoms with van der Waals surface area (Å²) in [6.45, 7) is 1.95. The van der Waals surface area contributed by atoms with Crippen LogP contribution < -0.4 is 15.4 Å². The highest BCUT2D eigenvalue weighted by Gasteiger charge is 2.39. The van der Waals surface area contributed by atoms with Crippen LogP contribution in [0, 0.1) is 0 Å². The zero-order valence-corrected chi connectivity index (χ0v) is 22.4. The number of thiophene rings is 1. The van der Waals surface area contributed by atoms with E-state index in [0.717, 1.165) is 35.8 Å². The number of fused-ring (bicyclic) bond motifs is 1. The van der Waals surface area contributed by atoms with Gasteiger partial charge >= 0.3 is 12.1 Å². The first-order chi connectivity index (χ1) is 19.4. The normalized spacial score (nSPS) is 14.0. The number of amides is 3. The molecule has 2 aliphatic heterocycles. The molecule has 0 bridgehead atoms. The average Bonchev–Trinajstić information content (AvgIpc) is 3.66. The summed E-state index contributed by atoms with van der Waals surface area (Å²) in [6, 6.07) is 15.3. The van der Waals surface area contributed by atoms with Crippen LogP contribution in [0.1, 0.15) is 36.0 Å². The zero-order chi connectivity index (χ0) is 29.7. The van der Waals surface area contributed by atoms with Crippen LogP contribution in [-0.4, -0.2) is 65.4 Å². The molecule has 0 radical (unpaired) electrons. The van der Waals surface area contributed by atoms with Crippen LogP contribution in [0.25, 0.3) is 0 Å². The molecule has 41 heavy (non-hydrogen) atoms. The second-order valence-corrected chi connectivity index (χ2v) is 10.2. The number of hydrogen-bond donors (Lipinski definition) is 3. The van der Waals surface area contributed by atoms with Crippen molar-refractivity contribution in [3.63, 3.8) is 0 Å². The Bertz CT molecular complexity index is 1540. The molecule has 214 valence electrons. The third-order valence-corrected chi connectivity index (χ3v) is 6.87. The fraction of sp³-hybridized carbons (Fsp3) is 0.192. The number of carbonyl (C=O) groups is 4. The van der Waals surface area contributed by atoms with Gasteiger partial charge < -0.3 is 20.5 Å². The Labute approximate surface area is 239 Å². The number of anilines is 1. The van der Waals surface area contributed by atoms with E-state index in [1.165, 1.54) is 4.90 Å². The molecule has 3 N–H and O–H groups in total. The Morgan fingerprint density at radius 1 is 1.12 bits per heavy atom. The molecule has 0 atom stereocenters. The summed E-state index contributed by atoms with van der Waals surface area (Å²) in [5.41, 5.74) is 1.47. The number of halogens is 4. The molecule has 10 nitrogen and oxygen atoms in total. The maximum atomic E-state index is 13.2. The van der Waals surface area contributed by atoms with Crippen molar-refractivity contribution in [3.8, 4) is 5.75 Å². The van der Waals surface area contributed by atoms with Crippen LogP contribution >= 0.6 is 22.9 Å². The topological polar surface area (TPSA) is 137 Å². The highest BCUT2D eigenvalue weighted by Crippen LogP contribution is 2.32. The van der Waals surface area contributed by atoms with E-state index in [1.807, 2.05) is 18.2 Å². The number of aliphatic imine (C=N–C) groups is 1. The van der Waals surface area contributed by atoms with E-state index in [2.05, 4.69) is 15.6 Å². The summed E-state index contributed by atoms with van der Waals surface area (Å²) in [7, 11) is 0. The lowest BCUT2D eigenvalue weighted by molar-refractivity contribution is -0.192. The van der Waals surface area contributed by atoms with Gasteiger partial charge in [-0.15, -0.1) is 11.3 Å². The van der Waals surface area contributed by atoms with E-state index in [0.29, 0.717) is 21.6 Å². The van der Waals surface area contributed by atoms with E-state index in [9.17, 15) is 27.6 Å². The molecule has 15 heteroatoms. The Hall–Kier alpha value is -4.43. The lowest BCUT2D eigenvalue weighted by atomic mass is 10.1. The molecule has 3 amide bonds. The fourth-order valence-corrected chi connectivity index (χ4v) is 4.75. The number of nitrogens with zero attached hydrogens (tertiary/aromatic N) is 2. The Balaban J connectivity index is 0.000000493. The smallest absolute Gasteiger partial charge is 0.486 e. The number of carboxylic acid groups (broad SMARTS) is 1. The van der Waals surface area contributed by atoms with Gasteiger partial charge in [-0.05, 0) is 42.0 Å². The summed E-state index contributed by atoms with van der Waals surface area (Å²) in [4.78, 5) is 53.6. The largest absolute Gasteiger partial charge is 0.490 e. The van der Waals surface area contributed by atoms with Crippen molar-refractivity contribution in [2.45, 2.75) is 12.7 Å². The lowest BCUT2D eigenvalue weighted by Gasteiger charge is -2.15. The number of alkyl halides is 3. The van der Waals surface area contributed by atoms with Crippen molar-refractivity contribution >= 4 is 58.2 Å². The Morgan fingerprint density at radius 3 is 2.49 bits per heavy atom. The second kappa shape index (κ2) is 12.4. The molecule has 0 spiro atoms. The maximum absolute atomic E-state index is 13.2. The first-order valence-corrected chi connectivity index (χ1v) is 13.0. The SMILES string of the molecule is O=C(Nc1cccc2c1C(=O)N(Cc1cccc(OCC3=NCCN3)c1)C2=O)c1ccc(Cl)s1.O=C(O)C(F)(F)F. The summed E-state index contributed by atoms with van der Waals surface area (Å²) in [6.07, 6.45) is -5.08. The highest BCUT2D eigenvalue weighted by molar-refractivity contribution is 7.18. The molecule has 2 aromatic carbocycles. The molecular weight excluding hydrogens is 589 g/mol. The van der Waals surface area contributed by atoms with Gasteiger partial charge in [-0.3, -0.25) is 24.3 Å². The van der Waals surface area contributed by atoms with Crippen molar-refractivity contribution in [2.75, 3.05) is 25.0 Å². The van der Waals surface area contributed by atoms with Gasteiger partial charge in [-0.25, -0.2) is 4.79 Å². The van der Waals surface area contributed by atoms with E-state index in [1.54, 1.807) is 36.4 Å². The summed E-state index contributed by atoms with van der Waals surface area (Å²) >= 11 is 7.05. The van der Waals surface area contributed by atoms with Crippen LogP contribution in [0.2, 0.25) is 4.34 Å². The van der Waals surface area contributed by atoms with Gasteiger partial charge in [0.1, 0.15) is 18.2 Å². The number of hydrogen-bond acceptors (Lipinski definition) is 8. The zero-order valence-electron chi connectivity index (χ0n) is 20.8. The Morgan fingerprint density at radius 2 is 1.85 bits per heavy atom. The number of aliphatic carboxylic acids is 1. The predicted octanol–water partition coefficient (Wildman–Crippen LogP) is 4.46. The molecule has 3 aromatic rings. The quantitative estimate of drug-likeness (QED) is 0.337. The number of benzene rings is 2. The van der Waals surface area contributed by atoms with Gasteiger partial charge in [-0.1, -0.05) is 29.8 Å². The molecule has 3 heterocycles. The Kier molecular flexibility index (Phi) is 8.93. The minimum Gasteiger partial charge on any atom is -0.486 e. The van der Waals surface area contributed by atoms with Crippen molar-refractivity contribution < 1.29 is 42.2 Å². The van der Waals surface area contributed by atoms with E-state index in [4.69, 9.17) is 26.2 Å². The van der Waals surface area contributed by atoms with Gasteiger partial charge in [0.2, 0.25) is 0 Å². The minimum atomic E-state index is -5.08. The second-order valence-electron chi connectivity index (χ2n) is 8.48. The van der Waals surface area contributed by atoms with Crippen LogP contribution in [0.15, 0.2) is 59.6 Å². The third kappa shape index (κ3) is 7.21. The standard InChI is InChI=1S/C24H19ClN4O4S.C2HF3O2/c25-19-8-7-18(34-19)22(30)28-17-6-2-5-16-21(17)24(32)29(23(16)31)12-14-3-1-4-15(11-14)33-13-20-26-9-10-27-20;3-2(4,5)1(6)7/h1-8,11H,9-10,12-13H2,(H,26,27)(H,28,30);(H,6,7). The van der Waals surface area contributed by atoms with Gasteiger partial charge in [0, 0.05) is 6.54 Å². The number of rotatable bonds is 7. The molecule has 0 saturated heterocycles. The number of amidine groups is 1. The summed E-state index contributed by atoms with van der Waals surface area (Å²) in [5, 5.41) is 13.0. The van der Waals surface area contributed by atoms with E-state index >= 15 is 0 Å². The van der Waals surface area contributed by atoms with Gasteiger partial charge in [-0.2, -0.15) is 13.2 Å². The minimum absolute atomic E-state index is 0.0800. The van der Waals surface area contributed by atoms with Crippen molar-refractivity contribution in [3.05, 3.63) is 80.5 Å². The van der Waals surface area contributed by atoms with Crippen LogP contribution in [0.4, 0.5) is 18.9 Å². The maximum Gasteiger partial charge on any atom is 0.490 e.